The van der Waals surface area contributed by atoms with Gasteiger partial charge in [0.05, 0.1) is 12.6 Å². The number of hydrogen-bond acceptors (Lipinski definition) is 2. The molecule has 0 N–H and O–H groups in total. The van der Waals surface area contributed by atoms with E-state index in [1.807, 2.05) is 24.4 Å². The number of ether oxygens (including phenoxy) is 1. The van der Waals surface area contributed by atoms with Gasteiger partial charge in [-0.05, 0) is 41.3 Å². The van der Waals surface area contributed by atoms with Crippen LogP contribution in [-0.2, 0) is 6.42 Å². The predicted octanol–water partition coefficient (Wildman–Crippen LogP) is 4.47. The Morgan fingerprint density at radius 3 is 2.55 bits per heavy atom. The third-order valence-electron chi connectivity index (χ3n) is 3.60. The van der Waals surface area contributed by atoms with Crippen molar-refractivity contribution in [1.82, 2.24) is 4.98 Å². The molecule has 2 aromatic carbocycles. The summed E-state index contributed by atoms with van der Waals surface area (Å²) in [6.07, 6.45) is 2.95. The average molecular weight is 263 g/mol. The zero-order valence-corrected chi connectivity index (χ0v) is 11.8. The summed E-state index contributed by atoms with van der Waals surface area (Å²) in [6.45, 7) is 2.16. The van der Waals surface area contributed by atoms with Crippen molar-refractivity contribution >= 4 is 10.9 Å². The molecule has 100 valence electrons. The number of hydrogen-bond donors (Lipinski definition) is 0. The fourth-order valence-electron chi connectivity index (χ4n) is 2.55. The van der Waals surface area contributed by atoms with Crippen LogP contribution >= 0.6 is 0 Å². The summed E-state index contributed by atoms with van der Waals surface area (Å²) >= 11 is 0. The number of aryl methyl sites for hydroxylation is 1. The SMILES string of the molecule is CCc1cnc2ccc(OC)cc2c1-c1ccccc1. The molecule has 20 heavy (non-hydrogen) atoms. The molecule has 2 nitrogen and oxygen atoms in total. The predicted molar refractivity (Wildman–Crippen MR) is 83.1 cm³/mol. The molecule has 2 heteroatoms. The van der Waals surface area contributed by atoms with Crippen LogP contribution in [0.1, 0.15) is 12.5 Å². The van der Waals surface area contributed by atoms with Crippen molar-refractivity contribution in [2.75, 3.05) is 7.11 Å². The van der Waals surface area contributed by atoms with Crippen molar-refractivity contribution in [3.63, 3.8) is 0 Å². The minimum atomic E-state index is 0.865. The molecule has 0 radical (unpaired) electrons. The highest BCUT2D eigenvalue weighted by Crippen LogP contribution is 2.33. The highest BCUT2D eigenvalue weighted by Gasteiger charge is 2.10. The van der Waals surface area contributed by atoms with Crippen molar-refractivity contribution in [3.05, 3.63) is 60.3 Å². The maximum absolute atomic E-state index is 5.36. The van der Waals surface area contributed by atoms with Crippen LogP contribution < -0.4 is 4.74 Å². The molecule has 0 saturated heterocycles. The van der Waals surface area contributed by atoms with Gasteiger partial charge in [0.1, 0.15) is 5.75 Å². The number of pyridine rings is 1. The Bertz CT molecular complexity index is 730. The molecule has 0 atom stereocenters. The van der Waals surface area contributed by atoms with E-state index < -0.39 is 0 Å². The van der Waals surface area contributed by atoms with Crippen LogP contribution in [0.5, 0.6) is 5.75 Å². The van der Waals surface area contributed by atoms with Gasteiger partial charge >= 0.3 is 0 Å². The maximum atomic E-state index is 5.36. The van der Waals surface area contributed by atoms with Crippen molar-refractivity contribution in [2.24, 2.45) is 0 Å². The fourth-order valence-corrected chi connectivity index (χ4v) is 2.55. The highest BCUT2D eigenvalue weighted by molar-refractivity contribution is 5.96. The van der Waals surface area contributed by atoms with Gasteiger partial charge in [0.25, 0.3) is 0 Å². The van der Waals surface area contributed by atoms with E-state index in [0.29, 0.717) is 0 Å². The summed E-state index contributed by atoms with van der Waals surface area (Å²) in [5.41, 5.74) is 4.75. The molecule has 0 saturated carbocycles. The average Bonchev–Trinajstić information content (AvgIpc) is 2.53. The van der Waals surface area contributed by atoms with E-state index in [1.54, 1.807) is 7.11 Å². The maximum Gasteiger partial charge on any atom is 0.119 e. The van der Waals surface area contributed by atoms with E-state index in [4.69, 9.17) is 4.74 Å². The molecule has 0 aliphatic rings. The van der Waals surface area contributed by atoms with Crippen LogP contribution in [0.3, 0.4) is 0 Å². The Balaban J connectivity index is 2.36. The second kappa shape index (κ2) is 5.33. The number of rotatable bonds is 3. The summed E-state index contributed by atoms with van der Waals surface area (Å²) in [7, 11) is 1.69. The Morgan fingerprint density at radius 1 is 1.05 bits per heavy atom. The molecular formula is C18H17NO. The first-order chi connectivity index (χ1) is 9.83. The van der Waals surface area contributed by atoms with Crippen LogP contribution in [0.25, 0.3) is 22.0 Å². The third kappa shape index (κ3) is 2.14. The lowest BCUT2D eigenvalue weighted by molar-refractivity contribution is 0.415. The second-order valence-electron chi connectivity index (χ2n) is 4.76. The van der Waals surface area contributed by atoms with Gasteiger partial charge in [0, 0.05) is 11.6 Å². The first kappa shape index (κ1) is 12.7. The standard InChI is InChI=1S/C18H17NO/c1-3-13-12-19-17-10-9-15(20-2)11-16(17)18(13)14-7-5-4-6-8-14/h4-12H,3H2,1-2H3. The van der Waals surface area contributed by atoms with E-state index in [0.717, 1.165) is 23.1 Å². The topological polar surface area (TPSA) is 22.1 Å². The Kier molecular flexibility index (Phi) is 3.38. The number of aromatic nitrogens is 1. The van der Waals surface area contributed by atoms with Gasteiger partial charge in [0.2, 0.25) is 0 Å². The van der Waals surface area contributed by atoms with E-state index in [-0.39, 0.29) is 0 Å². The Labute approximate surface area is 119 Å². The molecule has 0 spiro atoms. The van der Waals surface area contributed by atoms with E-state index in [1.165, 1.54) is 16.7 Å². The number of methoxy groups -OCH3 is 1. The lowest BCUT2D eigenvalue weighted by Gasteiger charge is -2.12. The summed E-state index contributed by atoms with van der Waals surface area (Å²) in [5.74, 6) is 0.865. The summed E-state index contributed by atoms with van der Waals surface area (Å²) < 4.78 is 5.36. The van der Waals surface area contributed by atoms with Gasteiger partial charge < -0.3 is 4.74 Å². The van der Waals surface area contributed by atoms with Crippen LogP contribution in [0.15, 0.2) is 54.7 Å². The van der Waals surface area contributed by atoms with Gasteiger partial charge in [-0.25, -0.2) is 0 Å². The quantitative estimate of drug-likeness (QED) is 0.695. The molecule has 0 amide bonds. The molecule has 3 rings (SSSR count). The normalized spacial score (nSPS) is 10.7. The number of nitrogens with zero attached hydrogens (tertiary/aromatic N) is 1. The molecule has 0 aliphatic carbocycles. The van der Waals surface area contributed by atoms with Crippen LogP contribution in [0.2, 0.25) is 0 Å². The molecule has 0 unspecified atom stereocenters. The fraction of sp³-hybridized carbons (Fsp3) is 0.167. The van der Waals surface area contributed by atoms with Gasteiger partial charge in [-0.2, -0.15) is 0 Å². The van der Waals surface area contributed by atoms with Crippen LogP contribution in [0.4, 0.5) is 0 Å². The molecule has 1 aromatic heterocycles. The second-order valence-corrected chi connectivity index (χ2v) is 4.76. The molecule has 0 bridgehead atoms. The Morgan fingerprint density at radius 2 is 1.85 bits per heavy atom. The van der Waals surface area contributed by atoms with Crippen molar-refractivity contribution in [1.29, 1.82) is 0 Å². The van der Waals surface area contributed by atoms with Crippen molar-refractivity contribution < 1.29 is 4.74 Å². The highest BCUT2D eigenvalue weighted by atomic mass is 16.5. The van der Waals surface area contributed by atoms with Crippen LogP contribution in [-0.4, -0.2) is 12.1 Å². The largest absolute Gasteiger partial charge is 0.497 e. The first-order valence-corrected chi connectivity index (χ1v) is 6.84. The summed E-state index contributed by atoms with van der Waals surface area (Å²) in [4.78, 5) is 4.56. The van der Waals surface area contributed by atoms with E-state index in [9.17, 15) is 0 Å². The third-order valence-corrected chi connectivity index (χ3v) is 3.60. The van der Waals surface area contributed by atoms with Gasteiger partial charge in [-0.15, -0.1) is 0 Å². The van der Waals surface area contributed by atoms with Gasteiger partial charge in [-0.1, -0.05) is 37.3 Å². The smallest absolute Gasteiger partial charge is 0.119 e. The molecule has 3 aromatic rings. The van der Waals surface area contributed by atoms with Crippen molar-refractivity contribution in [2.45, 2.75) is 13.3 Å². The number of fused-ring (bicyclic) bond motifs is 1. The molecule has 0 aliphatic heterocycles. The minimum absolute atomic E-state index is 0.865. The molecular weight excluding hydrogens is 246 g/mol. The van der Waals surface area contributed by atoms with Crippen LogP contribution in [0, 0.1) is 0 Å². The monoisotopic (exact) mass is 263 g/mol. The minimum Gasteiger partial charge on any atom is -0.497 e. The van der Waals surface area contributed by atoms with Gasteiger partial charge in [-0.3, -0.25) is 4.98 Å². The lowest BCUT2D eigenvalue weighted by atomic mass is 9.95. The van der Waals surface area contributed by atoms with E-state index in [2.05, 4.69) is 42.2 Å². The zero-order chi connectivity index (χ0) is 13.9. The Hall–Kier alpha value is -2.35. The van der Waals surface area contributed by atoms with Gasteiger partial charge in [0.15, 0.2) is 0 Å². The lowest BCUT2D eigenvalue weighted by Crippen LogP contribution is -1.93. The summed E-state index contributed by atoms with van der Waals surface area (Å²) in [6, 6.07) is 16.5. The molecule has 0 fully saturated rings. The summed E-state index contributed by atoms with van der Waals surface area (Å²) in [5, 5.41) is 1.15. The van der Waals surface area contributed by atoms with E-state index >= 15 is 0 Å². The van der Waals surface area contributed by atoms with Crippen molar-refractivity contribution in [3.8, 4) is 16.9 Å². The molecule has 1 heterocycles. The number of benzene rings is 2. The zero-order valence-electron chi connectivity index (χ0n) is 11.8. The first-order valence-electron chi connectivity index (χ1n) is 6.84.